The van der Waals surface area contributed by atoms with Crippen LogP contribution in [-0.2, 0) is 35.9 Å². The molecule has 1 fully saturated rings. The maximum atomic E-state index is 12.3. The zero-order chi connectivity index (χ0) is 29.4. The maximum Gasteiger partial charge on any atom is 0.333 e. The molecule has 0 spiro atoms. The van der Waals surface area contributed by atoms with E-state index < -0.39 is 39.7 Å². The molecule has 218 valence electrons. The molecule has 3 heterocycles. The Labute approximate surface area is 235 Å². The molecule has 2 aromatic heterocycles. The number of urea groups is 1. The van der Waals surface area contributed by atoms with Crippen molar-refractivity contribution < 1.29 is 46.0 Å². The number of amides is 4. The van der Waals surface area contributed by atoms with Gasteiger partial charge in [0.05, 0.1) is 10.1 Å². The highest BCUT2D eigenvalue weighted by Gasteiger charge is 2.32. The van der Waals surface area contributed by atoms with Crippen LogP contribution in [0.5, 0.6) is 0 Å². The quantitative estimate of drug-likeness (QED) is 0.129. The van der Waals surface area contributed by atoms with Gasteiger partial charge in [-0.3, -0.25) is 9.59 Å². The van der Waals surface area contributed by atoms with Crippen LogP contribution in [0.2, 0.25) is 0 Å². The highest BCUT2D eigenvalue weighted by Crippen LogP contribution is 2.26. The molecule has 1 saturated heterocycles. The van der Waals surface area contributed by atoms with Crippen molar-refractivity contribution in [3.8, 4) is 11.5 Å². The van der Waals surface area contributed by atoms with Gasteiger partial charge < -0.3 is 24.4 Å². The molecule has 14 nitrogen and oxygen atoms in total. The number of nitrogens with one attached hydrogen (secondary N) is 2. The number of fused-ring (bicyclic) bond motifs is 1. The molecule has 41 heavy (non-hydrogen) atoms. The summed E-state index contributed by atoms with van der Waals surface area (Å²) in [5.74, 6) is -1.72. The molecule has 2 N–H and O–H groups in total. The average molecular weight is 588 g/mol. The van der Waals surface area contributed by atoms with Gasteiger partial charge in [-0.25, -0.2) is 27.6 Å². The van der Waals surface area contributed by atoms with Crippen LogP contribution in [-0.4, -0.2) is 59.1 Å². The number of rotatable bonds is 13. The second kappa shape index (κ2) is 13.3. The highest BCUT2D eigenvalue weighted by atomic mass is 32.2. The Hall–Kier alpha value is -4.37. The summed E-state index contributed by atoms with van der Waals surface area (Å²) in [6, 6.07) is 8.18. The lowest BCUT2D eigenvalue weighted by Crippen LogP contribution is -2.33. The number of aromatic nitrogens is 2. The first-order valence-corrected chi connectivity index (χ1v) is 14.6. The van der Waals surface area contributed by atoms with Gasteiger partial charge in [0.25, 0.3) is 11.8 Å². The molecule has 0 aliphatic carbocycles. The number of carbonyl (C=O) groups excluding carboxylic acids is 4. The van der Waals surface area contributed by atoms with Gasteiger partial charge in [-0.1, -0.05) is 6.42 Å². The number of hydroxylamine groups is 2. The summed E-state index contributed by atoms with van der Waals surface area (Å²) >= 11 is 0. The number of carbonyl (C=O) groups is 4. The topological polar surface area (TPSA) is 192 Å². The molecule has 1 aromatic carbocycles. The first kappa shape index (κ1) is 29.6. The molecule has 0 unspecified atom stereocenters. The van der Waals surface area contributed by atoms with Gasteiger partial charge in [-0.15, -0.1) is 5.06 Å². The van der Waals surface area contributed by atoms with Crippen molar-refractivity contribution in [2.45, 2.75) is 51.5 Å². The van der Waals surface area contributed by atoms with Gasteiger partial charge in [-0.2, -0.15) is 0 Å². The molecular formula is C26H29N5O9S. The van der Waals surface area contributed by atoms with E-state index in [9.17, 15) is 32.1 Å². The van der Waals surface area contributed by atoms with Crippen LogP contribution in [0.3, 0.4) is 0 Å². The third kappa shape index (κ3) is 8.81. The van der Waals surface area contributed by atoms with E-state index in [4.69, 9.17) is 9.25 Å². The smallest absolute Gasteiger partial charge is 0.333 e. The maximum absolute atomic E-state index is 12.3. The van der Waals surface area contributed by atoms with Crippen molar-refractivity contribution in [3.05, 3.63) is 42.7 Å². The van der Waals surface area contributed by atoms with Crippen molar-refractivity contribution in [1.82, 2.24) is 15.4 Å². The molecule has 4 amide bonds. The minimum atomic E-state index is -4.24. The van der Waals surface area contributed by atoms with Gasteiger partial charge in [0.2, 0.25) is 5.89 Å². The van der Waals surface area contributed by atoms with E-state index in [1.54, 1.807) is 47.3 Å². The molecule has 0 atom stereocenters. The lowest BCUT2D eigenvalue weighted by molar-refractivity contribution is -0.696. The van der Waals surface area contributed by atoms with Crippen LogP contribution < -0.4 is 15.2 Å². The number of oxazole rings is 1. The number of nitrogens with zero attached hydrogens (tertiary/aromatic N) is 3. The van der Waals surface area contributed by atoms with E-state index in [1.165, 1.54) is 0 Å². The number of benzene rings is 1. The second-order valence-corrected chi connectivity index (χ2v) is 10.9. The summed E-state index contributed by atoms with van der Waals surface area (Å²) in [6.45, 7) is 0.756. The molecule has 0 radical (unpaired) electrons. The molecule has 1 aliphatic heterocycles. The van der Waals surface area contributed by atoms with Crippen molar-refractivity contribution in [2.24, 2.45) is 0 Å². The van der Waals surface area contributed by atoms with Crippen LogP contribution in [0, 0.1) is 0 Å². The van der Waals surface area contributed by atoms with Gasteiger partial charge >= 0.3 is 12.0 Å². The number of imide groups is 1. The molecule has 4 rings (SSSR count). The zero-order valence-electron chi connectivity index (χ0n) is 22.0. The highest BCUT2D eigenvalue weighted by molar-refractivity contribution is 7.85. The van der Waals surface area contributed by atoms with Crippen molar-refractivity contribution in [1.29, 1.82) is 0 Å². The summed E-state index contributed by atoms with van der Waals surface area (Å²) in [4.78, 5) is 56.3. The minimum absolute atomic E-state index is 0.0485. The Morgan fingerprint density at radius 2 is 1.78 bits per heavy atom. The molecule has 3 aromatic rings. The van der Waals surface area contributed by atoms with Gasteiger partial charge in [-0.05, 0) is 25.0 Å². The normalized spacial score (nSPS) is 13.5. The average Bonchev–Trinajstić information content (AvgIpc) is 3.48. The number of unbranched alkanes of at least 4 members (excludes halogenated alkanes) is 2. The summed E-state index contributed by atoms with van der Waals surface area (Å²) in [7, 11) is -4.24. The summed E-state index contributed by atoms with van der Waals surface area (Å²) in [6.07, 6.45) is 5.57. The fourth-order valence-corrected chi connectivity index (χ4v) is 4.54. The van der Waals surface area contributed by atoms with Gasteiger partial charge in [0, 0.05) is 67.4 Å². The Bertz CT molecular complexity index is 1520. The summed E-state index contributed by atoms with van der Waals surface area (Å²) < 4.78 is 39.8. The Balaban J connectivity index is 1.18. The third-order valence-electron chi connectivity index (χ3n) is 6.14. The Morgan fingerprint density at radius 1 is 1.05 bits per heavy atom. The largest absolute Gasteiger partial charge is 0.748 e. The number of pyridine rings is 1. The summed E-state index contributed by atoms with van der Waals surface area (Å²) in [5, 5.41) is 5.99. The van der Waals surface area contributed by atoms with E-state index >= 15 is 0 Å². The Morgan fingerprint density at radius 3 is 2.49 bits per heavy atom. The van der Waals surface area contributed by atoms with E-state index in [0.717, 1.165) is 0 Å². The second-order valence-electron chi connectivity index (χ2n) is 9.38. The van der Waals surface area contributed by atoms with Crippen molar-refractivity contribution in [2.75, 3.05) is 17.6 Å². The van der Waals surface area contributed by atoms with Crippen molar-refractivity contribution >= 4 is 50.7 Å². The fourth-order valence-electron chi connectivity index (χ4n) is 4.05. The molecule has 15 heteroatoms. The zero-order valence-corrected chi connectivity index (χ0v) is 22.9. The first-order chi connectivity index (χ1) is 19.6. The number of aryl methyl sites for hydroxylation is 1. The van der Waals surface area contributed by atoms with E-state index in [2.05, 4.69) is 15.6 Å². The molecule has 1 aliphatic rings. The van der Waals surface area contributed by atoms with E-state index in [0.29, 0.717) is 65.7 Å². The number of hydrogen-bond donors (Lipinski definition) is 2. The monoisotopic (exact) mass is 587 g/mol. The predicted octanol–water partition coefficient (Wildman–Crippen LogP) is 2.01. The van der Waals surface area contributed by atoms with E-state index in [-0.39, 0.29) is 25.7 Å². The third-order valence-corrected chi connectivity index (χ3v) is 6.93. The number of anilines is 1. The van der Waals surface area contributed by atoms with Gasteiger partial charge in [0.1, 0.15) is 12.1 Å². The lowest BCUT2D eigenvalue weighted by Gasteiger charge is -2.12. The van der Waals surface area contributed by atoms with Crippen LogP contribution in [0.15, 0.2) is 47.1 Å². The van der Waals surface area contributed by atoms with Crippen LogP contribution in [0.25, 0.3) is 22.6 Å². The first-order valence-electron chi connectivity index (χ1n) is 13.0. The minimum Gasteiger partial charge on any atom is -0.748 e. The fraction of sp³-hybridized carbons (Fsp3) is 0.385. The van der Waals surface area contributed by atoms with Gasteiger partial charge in [0.15, 0.2) is 18.0 Å². The molecule has 0 bridgehead atoms. The van der Waals surface area contributed by atoms with E-state index in [1.807, 2.05) is 0 Å². The molecule has 0 saturated carbocycles. The van der Waals surface area contributed by atoms with Crippen molar-refractivity contribution in [3.63, 3.8) is 0 Å². The summed E-state index contributed by atoms with van der Waals surface area (Å²) in [5.41, 5.74) is 2.28. The number of hydrogen-bond acceptors (Lipinski definition) is 10. The standard InChI is InChI=1S/C26H29N5O9S/c32-22-8-9-23(33)31(22)40-24(34)5-2-1-3-12-27-26(35)28-19-6-7-20-21(17-19)39-25(29-20)18-10-14-30(15-11-18)13-4-16-41(36,37)38/h6-7,10-11,14-15,17H,1-5,8-9,12-13,16H2,(H2,27,35,36,37,38). The SMILES string of the molecule is O=C(NCCCCCC(=O)ON1C(=O)CCC1=O)Nc1ccc2nc(-c3cc[n+](CCCS(=O)(=O)[O-])cc3)oc2c1. The Kier molecular flexibility index (Phi) is 9.62. The van der Waals surface area contributed by atoms with Crippen LogP contribution in [0.1, 0.15) is 44.9 Å². The molecular weight excluding hydrogens is 558 g/mol. The predicted molar refractivity (Wildman–Crippen MR) is 141 cm³/mol. The van der Waals surface area contributed by atoms with Crippen LogP contribution >= 0.6 is 0 Å². The lowest BCUT2D eigenvalue weighted by atomic mass is 10.2. The van der Waals surface area contributed by atoms with Crippen LogP contribution in [0.4, 0.5) is 10.5 Å².